The van der Waals surface area contributed by atoms with Gasteiger partial charge < -0.3 is 4.74 Å². The van der Waals surface area contributed by atoms with Crippen LogP contribution in [-0.4, -0.2) is 30.7 Å². The molecule has 0 radical (unpaired) electrons. The lowest BCUT2D eigenvalue weighted by atomic mass is 9.52. The van der Waals surface area contributed by atoms with E-state index in [-0.39, 0.29) is 0 Å². The normalized spacial score (nSPS) is 51.5. The van der Waals surface area contributed by atoms with Crippen LogP contribution in [-0.2, 0) is 4.74 Å². The fraction of sp³-hybridized carbons (Fsp3) is 1.00. The molecule has 8 aliphatic carbocycles. The molecule has 2 heterocycles. The lowest BCUT2D eigenvalue weighted by Gasteiger charge is -2.53. The molecule has 0 aromatic heterocycles. The van der Waals surface area contributed by atoms with Crippen molar-refractivity contribution >= 4 is 0 Å². The first-order valence-corrected chi connectivity index (χ1v) is 24.2. The maximum atomic E-state index is 7.68. The Morgan fingerprint density at radius 3 is 1.57 bits per heavy atom. The van der Waals surface area contributed by atoms with Crippen molar-refractivity contribution in [2.24, 2.45) is 76.9 Å². The Morgan fingerprint density at radius 2 is 0.784 bits per heavy atom. The quantitative estimate of drug-likeness (QED) is 0.267. The molecule has 10 aliphatic rings. The van der Waals surface area contributed by atoms with E-state index in [2.05, 4.69) is 16.0 Å². The zero-order chi connectivity index (χ0) is 33.7. The van der Waals surface area contributed by atoms with E-state index in [0.717, 1.165) is 71.0 Å². The summed E-state index contributed by atoms with van der Waals surface area (Å²) in [6, 6.07) is 0. The van der Waals surface area contributed by atoms with Crippen LogP contribution in [0.15, 0.2) is 0 Å². The highest BCUT2D eigenvalue weighted by Crippen LogP contribution is 2.60. The number of ether oxygens (including phenoxy) is 1. The molecular weight excluding hydrogens is 623 g/mol. The van der Waals surface area contributed by atoms with Crippen LogP contribution in [0.3, 0.4) is 0 Å². The van der Waals surface area contributed by atoms with Gasteiger partial charge in [0.15, 0.2) is 0 Å². The molecule has 10 rings (SSSR count). The predicted octanol–water partition coefficient (Wildman–Crippen LogP) is 10.9. The van der Waals surface area contributed by atoms with Gasteiger partial charge in [-0.25, -0.2) is 0 Å². The number of nitrogens with one attached hydrogen (secondary N) is 3. The van der Waals surface area contributed by atoms with Crippen LogP contribution in [0.25, 0.3) is 0 Å². The van der Waals surface area contributed by atoms with Crippen molar-refractivity contribution in [1.29, 1.82) is 0 Å². The molecular formula is C47H79N3O. The number of rotatable bonds is 5. The standard InChI is InChI=1S/C47H79N3O/c1-3-13-30(14-4-1)34-19-11-20-35(27-34)41-29-42-43(38-22-10-9-21-37(38)41)39-23-12-24-40(44(39)51-42)47-49-45(32-16-5-2-6-17-32)48-46(50-47)36-26-25-31-15-7-8-18-33(31)28-36/h30-50H,1-29H2. The molecule has 16 atom stereocenters. The minimum atomic E-state index is 0.424. The fourth-order valence-electron chi connectivity index (χ4n) is 16.6. The summed E-state index contributed by atoms with van der Waals surface area (Å²) in [5.74, 6) is 12.0. The topological polar surface area (TPSA) is 45.3 Å². The van der Waals surface area contributed by atoms with Crippen molar-refractivity contribution in [1.82, 2.24) is 16.0 Å². The number of hydrogen-bond acceptors (Lipinski definition) is 4. The van der Waals surface area contributed by atoms with Gasteiger partial charge in [0.1, 0.15) is 0 Å². The van der Waals surface area contributed by atoms with Crippen molar-refractivity contribution in [3.05, 3.63) is 0 Å². The van der Waals surface area contributed by atoms with Crippen molar-refractivity contribution < 1.29 is 4.74 Å². The van der Waals surface area contributed by atoms with Crippen LogP contribution in [0.1, 0.15) is 186 Å². The summed E-state index contributed by atoms with van der Waals surface area (Å²) in [5, 5.41) is 13.1. The Morgan fingerprint density at radius 1 is 0.294 bits per heavy atom. The van der Waals surface area contributed by atoms with Gasteiger partial charge >= 0.3 is 0 Å². The smallest absolute Gasteiger partial charge is 0.0666 e. The van der Waals surface area contributed by atoms with Crippen molar-refractivity contribution in [3.8, 4) is 0 Å². The summed E-state index contributed by atoms with van der Waals surface area (Å²) in [5.41, 5.74) is 0. The molecule has 51 heavy (non-hydrogen) atoms. The molecule has 10 fully saturated rings. The van der Waals surface area contributed by atoms with Gasteiger partial charge in [-0.2, -0.15) is 0 Å². The highest BCUT2D eigenvalue weighted by atomic mass is 16.5. The van der Waals surface area contributed by atoms with Crippen LogP contribution in [0.2, 0.25) is 0 Å². The molecule has 8 saturated carbocycles. The summed E-state index contributed by atoms with van der Waals surface area (Å²) < 4.78 is 7.68. The van der Waals surface area contributed by atoms with Crippen LogP contribution in [0, 0.1) is 76.9 Å². The highest BCUT2D eigenvalue weighted by molar-refractivity contribution is 5.08. The Kier molecular flexibility index (Phi) is 10.9. The molecule has 16 unspecified atom stereocenters. The van der Waals surface area contributed by atoms with E-state index >= 15 is 0 Å². The van der Waals surface area contributed by atoms with Crippen molar-refractivity contribution in [2.75, 3.05) is 0 Å². The van der Waals surface area contributed by atoms with E-state index in [4.69, 9.17) is 4.74 Å². The van der Waals surface area contributed by atoms with Gasteiger partial charge in [-0.05, 0) is 142 Å². The van der Waals surface area contributed by atoms with E-state index in [1.165, 1.54) is 148 Å². The zero-order valence-electron chi connectivity index (χ0n) is 32.8. The molecule has 4 nitrogen and oxygen atoms in total. The van der Waals surface area contributed by atoms with E-state index in [1.807, 2.05) is 0 Å². The van der Waals surface area contributed by atoms with E-state index < -0.39 is 0 Å². The predicted molar refractivity (Wildman–Crippen MR) is 209 cm³/mol. The summed E-state index contributed by atoms with van der Waals surface area (Å²) in [6.07, 6.45) is 45.7. The molecule has 288 valence electrons. The van der Waals surface area contributed by atoms with Crippen molar-refractivity contribution in [2.45, 2.75) is 217 Å². The largest absolute Gasteiger partial charge is 0.374 e. The summed E-state index contributed by atoms with van der Waals surface area (Å²) in [4.78, 5) is 0. The van der Waals surface area contributed by atoms with Gasteiger partial charge in [-0.15, -0.1) is 0 Å². The van der Waals surface area contributed by atoms with Gasteiger partial charge in [-0.3, -0.25) is 16.0 Å². The van der Waals surface area contributed by atoms with Crippen LogP contribution in [0.5, 0.6) is 0 Å². The molecule has 0 aromatic carbocycles. The van der Waals surface area contributed by atoms with Crippen molar-refractivity contribution in [3.63, 3.8) is 0 Å². The minimum absolute atomic E-state index is 0.424. The summed E-state index contributed by atoms with van der Waals surface area (Å²) in [6.45, 7) is 0. The van der Waals surface area contributed by atoms with E-state index in [9.17, 15) is 0 Å². The first-order valence-electron chi connectivity index (χ1n) is 24.2. The lowest BCUT2D eigenvalue weighted by molar-refractivity contribution is -0.0850. The molecule has 0 amide bonds. The first kappa shape index (κ1) is 35.3. The zero-order valence-corrected chi connectivity index (χ0v) is 32.8. The Labute approximate surface area is 313 Å². The van der Waals surface area contributed by atoms with Crippen LogP contribution >= 0.6 is 0 Å². The minimum Gasteiger partial charge on any atom is -0.374 e. The number of fused-ring (bicyclic) bond motifs is 6. The molecule has 2 aliphatic heterocycles. The maximum absolute atomic E-state index is 7.68. The monoisotopic (exact) mass is 702 g/mol. The SMILES string of the molecule is C1CCC(C2CCCC(C3CC4OC5C(C6NC(C7CCCCC7)NC(C7CCC8CCCCC8C7)N6)CCCC5C4C4CCCCC34)C2)CC1. The second-order valence-electron chi connectivity index (χ2n) is 21.3. The molecule has 3 N–H and O–H groups in total. The summed E-state index contributed by atoms with van der Waals surface area (Å²) >= 11 is 0. The third-order valence-corrected chi connectivity index (χ3v) is 19.0. The molecule has 0 spiro atoms. The molecule has 0 bridgehead atoms. The second kappa shape index (κ2) is 15.8. The molecule has 2 saturated heterocycles. The van der Waals surface area contributed by atoms with Gasteiger partial charge in [0.05, 0.1) is 30.7 Å². The molecule has 0 aromatic rings. The Balaban J connectivity index is 0.874. The summed E-state index contributed by atoms with van der Waals surface area (Å²) in [7, 11) is 0. The van der Waals surface area contributed by atoms with Gasteiger partial charge in [0.25, 0.3) is 0 Å². The molecule has 4 heteroatoms. The third-order valence-electron chi connectivity index (χ3n) is 19.0. The van der Waals surface area contributed by atoms with Gasteiger partial charge in [0, 0.05) is 5.92 Å². The lowest BCUT2D eigenvalue weighted by Crippen LogP contribution is -2.73. The highest BCUT2D eigenvalue weighted by Gasteiger charge is 2.59. The first-order chi connectivity index (χ1) is 25.3. The van der Waals surface area contributed by atoms with Gasteiger partial charge in [0.2, 0.25) is 0 Å². The Hall–Kier alpha value is -0.160. The van der Waals surface area contributed by atoms with Gasteiger partial charge in [-0.1, -0.05) is 116 Å². The average molecular weight is 702 g/mol. The van der Waals surface area contributed by atoms with E-state index in [1.54, 1.807) is 38.5 Å². The second-order valence-corrected chi connectivity index (χ2v) is 21.3. The van der Waals surface area contributed by atoms with E-state index in [0.29, 0.717) is 36.6 Å². The van der Waals surface area contributed by atoms with Crippen LogP contribution in [0.4, 0.5) is 0 Å². The third kappa shape index (κ3) is 7.09. The fourth-order valence-corrected chi connectivity index (χ4v) is 16.6. The van der Waals surface area contributed by atoms with Crippen LogP contribution < -0.4 is 16.0 Å². The Bertz CT molecular complexity index is 1130. The number of hydrogen-bond donors (Lipinski definition) is 3. The maximum Gasteiger partial charge on any atom is 0.0666 e. The average Bonchev–Trinajstić information content (AvgIpc) is 3.60.